The summed E-state index contributed by atoms with van der Waals surface area (Å²) in [6, 6.07) is 2.81. The Morgan fingerprint density at radius 3 is 2.65 bits per heavy atom. The third kappa shape index (κ3) is 4.32. The summed E-state index contributed by atoms with van der Waals surface area (Å²) < 4.78 is 0. The maximum atomic E-state index is 11.3. The average molecular weight is 277 g/mol. The van der Waals surface area contributed by atoms with Gasteiger partial charge in [0.2, 0.25) is 5.91 Å². The van der Waals surface area contributed by atoms with E-state index in [0.717, 1.165) is 6.42 Å². The van der Waals surface area contributed by atoms with Crippen molar-refractivity contribution in [3.63, 3.8) is 0 Å². The molecule has 0 aliphatic heterocycles. The van der Waals surface area contributed by atoms with Gasteiger partial charge in [-0.2, -0.15) is 0 Å². The number of anilines is 1. The summed E-state index contributed by atoms with van der Waals surface area (Å²) in [6.07, 6.45) is 0.879. The number of carbonyl (C=O) groups excluding carboxylic acids is 1. The summed E-state index contributed by atoms with van der Waals surface area (Å²) in [5.74, 6) is -0.181. The molecular weight excluding hydrogens is 263 g/mol. The van der Waals surface area contributed by atoms with Gasteiger partial charge >= 0.3 is 0 Å². The fourth-order valence-electron chi connectivity index (χ4n) is 1.18. The number of benzene rings is 1. The molecule has 0 radical (unpaired) electrons. The standard InChI is InChI=1S/C11H14Cl2N2O2/c1-2-3-14-11(17)6-15-9-4-7(12)8(13)5-10(9)16/h4-5,15-16H,2-3,6H2,1H3,(H,14,17). The lowest BCUT2D eigenvalue weighted by Crippen LogP contribution is -2.30. The molecule has 6 heteroatoms. The minimum absolute atomic E-state index is 0.0392. The molecule has 1 amide bonds. The van der Waals surface area contributed by atoms with Crippen molar-refractivity contribution >= 4 is 34.8 Å². The van der Waals surface area contributed by atoms with Crippen LogP contribution in [0.5, 0.6) is 5.75 Å². The van der Waals surface area contributed by atoms with Crippen LogP contribution in [0.4, 0.5) is 5.69 Å². The smallest absolute Gasteiger partial charge is 0.239 e. The van der Waals surface area contributed by atoms with Gasteiger partial charge in [0.05, 0.1) is 22.3 Å². The number of carbonyl (C=O) groups is 1. The van der Waals surface area contributed by atoms with Gasteiger partial charge in [0.15, 0.2) is 0 Å². The molecule has 0 spiro atoms. The number of nitrogens with one attached hydrogen (secondary N) is 2. The summed E-state index contributed by atoms with van der Waals surface area (Å²) in [7, 11) is 0. The Labute approximate surface area is 110 Å². The van der Waals surface area contributed by atoms with Crippen molar-refractivity contribution in [3.05, 3.63) is 22.2 Å². The van der Waals surface area contributed by atoms with Crippen LogP contribution in [0.25, 0.3) is 0 Å². The number of amides is 1. The van der Waals surface area contributed by atoms with E-state index < -0.39 is 0 Å². The van der Waals surface area contributed by atoms with Gasteiger partial charge in [0, 0.05) is 12.6 Å². The SMILES string of the molecule is CCCNC(=O)CNc1cc(Cl)c(Cl)cc1O. The second kappa shape index (κ2) is 6.57. The van der Waals surface area contributed by atoms with Gasteiger partial charge in [-0.15, -0.1) is 0 Å². The van der Waals surface area contributed by atoms with Crippen molar-refractivity contribution in [2.24, 2.45) is 0 Å². The van der Waals surface area contributed by atoms with E-state index in [2.05, 4.69) is 10.6 Å². The highest BCUT2D eigenvalue weighted by Gasteiger charge is 2.07. The van der Waals surface area contributed by atoms with Crippen LogP contribution in [0.1, 0.15) is 13.3 Å². The van der Waals surface area contributed by atoms with Crippen molar-refractivity contribution in [1.82, 2.24) is 5.32 Å². The Kier molecular flexibility index (Phi) is 5.38. The van der Waals surface area contributed by atoms with Crippen LogP contribution < -0.4 is 10.6 Å². The number of halogens is 2. The van der Waals surface area contributed by atoms with Crippen LogP contribution in [0.15, 0.2) is 12.1 Å². The second-order valence-electron chi connectivity index (χ2n) is 3.49. The molecule has 94 valence electrons. The monoisotopic (exact) mass is 276 g/mol. The molecule has 0 aliphatic rings. The lowest BCUT2D eigenvalue weighted by atomic mass is 10.3. The number of phenolic OH excluding ortho intramolecular Hbond substituents is 1. The summed E-state index contributed by atoms with van der Waals surface area (Å²) in [6.45, 7) is 2.68. The summed E-state index contributed by atoms with van der Waals surface area (Å²) in [4.78, 5) is 11.3. The maximum Gasteiger partial charge on any atom is 0.239 e. The van der Waals surface area contributed by atoms with E-state index in [9.17, 15) is 9.90 Å². The van der Waals surface area contributed by atoms with Gasteiger partial charge in [-0.1, -0.05) is 30.1 Å². The zero-order valence-electron chi connectivity index (χ0n) is 9.39. The molecule has 4 nitrogen and oxygen atoms in total. The van der Waals surface area contributed by atoms with E-state index >= 15 is 0 Å². The zero-order chi connectivity index (χ0) is 12.8. The van der Waals surface area contributed by atoms with Crippen molar-refractivity contribution in [1.29, 1.82) is 0 Å². The minimum atomic E-state index is -0.141. The number of hydrogen-bond donors (Lipinski definition) is 3. The molecule has 0 aromatic heterocycles. The molecule has 3 N–H and O–H groups in total. The van der Waals surface area contributed by atoms with Crippen molar-refractivity contribution in [3.8, 4) is 5.75 Å². The summed E-state index contributed by atoms with van der Waals surface area (Å²) in [5, 5.41) is 15.6. The maximum absolute atomic E-state index is 11.3. The van der Waals surface area contributed by atoms with E-state index in [1.54, 1.807) is 0 Å². The van der Waals surface area contributed by atoms with E-state index in [-0.39, 0.29) is 23.2 Å². The average Bonchev–Trinajstić information content (AvgIpc) is 2.29. The van der Waals surface area contributed by atoms with Gasteiger partial charge in [0.1, 0.15) is 5.75 Å². The predicted octanol–water partition coefficient (Wildman–Crippen LogP) is 2.64. The first-order valence-corrected chi connectivity index (χ1v) is 5.98. The van der Waals surface area contributed by atoms with Crippen LogP contribution >= 0.6 is 23.2 Å². The van der Waals surface area contributed by atoms with E-state index in [1.165, 1.54) is 12.1 Å². The molecule has 1 rings (SSSR count). The largest absolute Gasteiger partial charge is 0.506 e. The lowest BCUT2D eigenvalue weighted by molar-refractivity contribution is -0.119. The zero-order valence-corrected chi connectivity index (χ0v) is 10.9. The molecule has 0 saturated heterocycles. The third-order valence-corrected chi connectivity index (χ3v) is 2.77. The third-order valence-electron chi connectivity index (χ3n) is 2.05. The molecule has 0 saturated carbocycles. The molecule has 0 fully saturated rings. The molecule has 0 aliphatic carbocycles. The molecule has 0 unspecified atom stereocenters. The topological polar surface area (TPSA) is 61.4 Å². The highest BCUT2D eigenvalue weighted by Crippen LogP contribution is 2.33. The summed E-state index contributed by atoms with van der Waals surface area (Å²) in [5.41, 5.74) is 0.381. The van der Waals surface area contributed by atoms with Gasteiger partial charge in [0.25, 0.3) is 0 Å². The number of hydrogen-bond acceptors (Lipinski definition) is 3. The number of phenols is 1. The van der Waals surface area contributed by atoms with Gasteiger partial charge in [-0.3, -0.25) is 4.79 Å². The fraction of sp³-hybridized carbons (Fsp3) is 0.364. The Balaban J connectivity index is 2.57. The van der Waals surface area contributed by atoms with Crippen LogP contribution in [0, 0.1) is 0 Å². The van der Waals surface area contributed by atoms with Crippen molar-refractivity contribution in [2.75, 3.05) is 18.4 Å². The van der Waals surface area contributed by atoms with E-state index in [1.807, 2.05) is 6.92 Å². The Hall–Kier alpha value is -1.13. The van der Waals surface area contributed by atoms with Crippen LogP contribution in [0.2, 0.25) is 10.0 Å². The molecule has 1 aromatic carbocycles. The highest BCUT2D eigenvalue weighted by atomic mass is 35.5. The molecule has 0 atom stereocenters. The Morgan fingerprint density at radius 1 is 1.35 bits per heavy atom. The minimum Gasteiger partial charge on any atom is -0.506 e. The normalized spacial score (nSPS) is 10.1. The van der Waals surface area contributed by atoms with Crippen LogP contribution in [-0.2, 0) is 4.79 Å². The van der Waals surface area contributed by atoms with E-state index in [0.29, 0.717) is 17.3 Å². The Morgan fingerprint density at radius 2 is 2.00 bits per heavy atom. The quantitative estimate of drug-likeness (QED) is 0.725. The second-order valence-corrected chi connectivity index (χ2v) is 4.30. The highest BCUT2D eigenvalue weighted by molar-refractivity contribution is 6.42. The molecule has 0 heterocycles. The van der Waals surface area contributed by atoms with Gasteiger partial charge in [-0.25, -0.2) is 0 Å². The van der Waals surface area contributed by atoms with Gasteiger partial charge in [-0.05, 0) is 12.5 Å². The molecular formula is C11H14Cl2N2O2. The van der Waals surface area contributed by atoms with E-state index in [4.69, 9.17) is 23.2 Å². The number of aromatic hydroxyl groups is 1. The summed E-state index contributed by atoms with van der Waals surface area (Å²) >= 11 is 11.5. The van der Waals surface area contributed by atoms with Crippen LogP contribution in [-0.4, -0.2) is 24.1 Å². The van der Waals surface area contributed by atoms with Crippen LogP contribution in [0.3, 0.4) is 0 Å². The van der Waals surface area contributed by atoms with Gasteiger partial charge < -0.3 is 15.7 Å². The molecule has 0 bridgehead atoms. The predicted molar refractivity (Wildman–Crippen MR) is 69.9 cm³/mol. The number of rotatable bonds is 5. The fourth-order valence-corrected chi connectivity index (χ4v) is 1.50. The molecule has 1 aromatic rings. The van der Waals surface area contributed by atoms with Crippen molar-refractivity contribution < 1.29 is 9.90 Å². The first-order chi connectivity index (χ1) is 8.04. The molecule has 17 heavy (non-hydrogen) atoms. The lowest BCUT2D eigenvalue weighted by Gasteiger charge is -2.09. The first-order valence-electron chi connectivity index (χ1n) is 5.23. The van der Waals surface area contributed by atoms with Crippen molar-refractivity contribution in [2.45, 2.75) is 13.3 Å². The Bertz CT molecular complexity index is 411. The first kappa shape index (κ1) is 13.9.